The third-order valence-electron chi connectivity index (χ3n) is 8.16. The van der Waals surface area contributed by atoms with Crippen molar-refractivity contribution in [2.75, 3.05) is 37.1 Å². The molecule has 266 valence electrons. The third-order valence-corrected chi connectivity index (χ3v) is 8.16. The Labute approximate surface area is 288 Å². The van der Waals surface area contributed by atoms with Gasteiger partial charge in [-0.05, 0) is 97.5 Å². The molecule has 0 spiro atoms. The molecule has 1 atom stereocenters. The van der Waals surface area contributed by atoms with Crippen LogP contribution in [-0.4, -0.2) is 54.5 Å². The third kappa shape index (κ3) is 11.2. The lowest BCUT2D eigenvalue weighted by atomic mass is 9.87. The molecular weight excluding hydrogens is 629 g/mol. The van der Waals surface area contributed by atoms with Crippen LogP contribution >= 0.6 is 0 Å². The highest BCUT2D eigenvalue weighted by Crippen LogP contribution is 2.32. The van der Waals surface area contributed by atoms with Crippen molar-refractivity contribution in [1.82, 2.24) is 5.32 Å². The van der Waals surface area contributed by atoms with Gasteiger partial charge in [-0.2, -0.15) is 0 Å². The number of nitrogens with one attached hydrogen (secondary N) is 3. The number of hydrogen-bond acceptors (Lipinski definition) is 8. The maximum absolute atomic E-state index is 14.1. The SMILES string of the molecule is CC(C)COc1cc(C(=O)Nc2ccc(C(O)NC3CCC(C)CC3)cc2OCC(C)C)ccc1NC(=O)c1ccc(F)c(OCCO)c1. The van der Waals surface area contributed by atoms with E-state index in [0.29, 0.717) is 41.8 Å². The van der Waals surface area contributed by atoms with E-state index in [9.17, 15) is 19.1 Å². The summed E-state index contributed by atoms with van der Waals surface area (Å²) in [5.41, 5.74) is 1.84. The van der Waals surface area contributed by atoms with E-state index in [-0.39, 0.29) is 53.7 Å². The lowest BCUT2D eigenvalue weighted by molar-refractivity contribution is 0.101. The summed E-state index contributed by atoms with van der Waals surface area (Å²) in [6, 6.07) is 13.9. The first kappa shape index (κ1) is 37.6. The average Bonchev–Trinajstić information content (AvgIpc) is 3.07. The second-order valence-electron chi connectivity index (χ2n) is 13.5. The lowest BCUT2D eigenvalue weighted by Gasteiger charge is -2.29. The Kier molecular flexibility index (Phi) is 13.8. The minimum Gasteiger partial charge on any atom is -0.491 e. The molecular formula is C38H50FN3O7. The first-order chi connectivity index (χ1) is 23.4. The maximum atomic E-state index is 14.1. The Balaban J connectivity index is 1.53. The zero-order valence-corrected chi connectivity index (χ0v) is 29.1. The van der Waals surface area contributed by atoms with Gasteiger partial charge in [0.2, 0.25) is 0 Å². The second kappa shape index (κ2) is 18.0. The van der Waals surface area contributed by atoms with Crippen LogP contribution in [0.25, 0.3) is 0 Å². The van der Waals surface area contributed by atoms with Crippen molar-refractivity contribution >= 4 is 23.2 Å². The molecule has 2 amide bonds. The van der Waals surface area contributed by atoms with E-state index in [1.54, 1.807) is 36.4 Å². The Morgan fingerprint density at radius 1 is 0.776 bits per heavy atom. The Hall–Kier alpha value is -4.19. The van der Waals surface area contributed by atoms with Gasteiger partial charge in [-0.25, -0.2) is 4.39 Å². The molecule has 11 heteroatoms. The largest absolute Gasteiger partial charge is 0.491 e. The molecule has 0 bridgehead atoms. The molecule has 1 aliphatic rings. The predicted molar refractivity (Wildman–Crippen MR) is 188 cm³/mol. The fourth-order valence-electron chi connectivity index (χ4n) is 5.38. The van der Waals surface area contributed by atoms with Crippen LogP contribution in [0.15, 0.2) is 54.6 Å². The predicted octanol–water partition coefficient (Wildman–Crippen LogP) is 6.93. The molecule has 3 aromatic carbocycles. The van der Waals surface area contributed by atoms with Crippen LogP contribution in [0.5, 0.6) is 17.2 Å². The van der Waals surface area contributed by atoms with Gasteiger partial charge >= 0.3 is 0 Å². The van der Waals surface area contributed by atoms with Gasteiger partial charge in [0.1, 0.15) is 24.3 Å². The summed E-state index contributed by atoms with van der Waals surface area (Å²) in [5.74, 6) is 0.0556. The lowest BCUT2D eigenvalue weighted by Crippen LogP contribution is -2.35. The first-order valence-corrected chi connectivity index (χ1v) is 17.1. The topological polar surface area (TPSA) is 138 Å². The quantitative estimate of drug-likeness (QED) is 0.103. The molecule has 49 heavy (non-hydrogen) atoms. The van der Waals surface area contributed by atoms with E-state index in [1.165, 1.54) is 12.1 Å². The molecule has 1 fully saturated rings. The van der Waals surface area contributed by atoms with Crippen molar-refractivity contribution in [1.29, 1.82) is 0 Å². The standard InChI is InChI=1S/C38H50FN3O7/c1-23(2)21-48-34-19-27(36(44)40-29-11-6-25(5)7-12-29)9-14-31(34)42-38(46)28-10-15-32(35(20-28)49-22-24(3)4)41-37(45)26-8-13-30(39)33(18-26)47-17-16-43/h8-10,13-15,18-20,23-25,29,36,40,43-44H,6-7,11-12,16-17,21-22H2,1-5H3,(H,41,45)(H,42,46). The molecule has 1 unspecified atom stereocenters. The summed E-state index contributed by atoms with van der Waals surface area (Å²) < 4.78 is 31.4. The highest BCUT2D eigenvalue weighted by atomic mass is 19.1. The number of rotatable bonds is 16. The highest BCUT2D eigenvalue weighted by Gasteiger charge is 2.22. The van der Waals surface area contributed by atoms with Crippen molar-refractivity contribution in [3.8, 4) is 17.2 Å². The fraction of sp³-hybridized carbons (Fsp3) is 0.474. The first-order valence-electron chi connectivity index (χ1n) is 17.1. The molecule has 1 saturated carbocycles. The van der Waals surface area contributed by atoms with Crippen LogP contribution in [0.4, 0.5) is 15.8 Å². The summed E-state index contributed by atoms with van der Waals surface area (Å²) in [6.45, 7) is 10.6. The van der Waals surface area contributed by atoms with Gasteiger partial charge in [0.05, 0.1) is 31.2 Å². The van der Waals surface area contributed by atoms with Crippen LogP contribution in [0, 0.1) is 23.6 Å². The summed E-state index contributed by atoms with van der Waals surface area (Å²) in [6.07, 6.45) is 3.42. The molecule has 0 heterocycles. The number of halogens is 1. The Morgan fingerprint density at radius 2 is 1.31 bits per heavy atom. The summed E-state index contributed by atoms with van der Waals surface area (Å²) >= 11 is 0. The fourth-order valence-corrected chi connectivity index (χ4v) is 5.38. The van der Waals surface area contributed by atoms with Crippen molar-refractivity contribution in [2.24, 2.45) is 17.8 Å². The minimum atomic E-state index is -0.873. The Bertz CT molecular complexity index is 1560. The van der Waals surface area contributed by atoms with Gasteiger partial charge in [-0.1, -0.05) is 40.7 Å². The number of ether oxygens (including phenoxy) is 3. The number of carbonyl (C=O) groups is 2. The number of carbonyl (C=O) groups excluding carboxylic acids is 2. The van der Waals surface area contributed by atoms with E-state index in [1.807, 2.05) is 27.7 Å². The number of hydrogen-bond donors (Lipinski definition) is 5. The Morgan fingerprint density at radius 3 is 1.88 bits per heavy atom. The molecule has 4 rings (SSSR count). The van der Waals surface area contributed by atoms with Crippen LogP contribution in [0.1, 0.15) is 92.8 Å². The van der Waals surface area contributed by atoms with Crippen molar-refractivity contribution in [3.05, 3.63) is 77.1 Å². The molecule has 0 radical (unpaired) electrons. The van der Waals surface area contributed by atoms with Crippen LogP contribution in [0.3, 0.4) is 0 Å². The van der Waals surface area contributed by atoms with Crippen LogP contribution in [-0.2, 0) is 0 Å². The van der Waals surface area contributed by atoms with E-state index in [4.69, 9.17) is 19.3 Å². The number of benzene rings is 3. The molecule has 1 aliphatic carbocycles. The zero-order chi connectivity index (χ0) is 35.5. The summed E-state index contributed by atoms with van der Waals surface area (Å²) in [4.78, 5) is 26.7. The van der Waals surface area contributed by atoms with Gasteiger partial charge in [-0.3, -0.25) is 14.9 Å². The van der Waals surface area contributed by atoms with Gasteiger partial charge in [0.15, 0.2) is 11.6 Å². The van der Waals surface area contributed by atoms with E-state index in [2.05, 4.69) is 22.9 Å². The van der Waals surface area contributed by atoms with Crippen molar-refractivity contribution in [3.63, 3.8) is 0 Å². The second-order valence-corrected chi connectivity index (χ2v) is 13.5. The van der Waals surface area contributed by atoms with E-state index in [0.717, 1.165) is 31.7 Å². The van der Waals surface area contributed by atoms with Gasteiger partial charge in [-0.15, -0.1) is 0 Å². The van der Waals surface area contributed by atoms with Gasteiger partial charge in [0.25, 0.3) is 11.8 Å². The summed E-state index contributed by atoms with van der Waals surface area (Å²) in [5, 5.41) is 29.1. The molecule has 3 aromatic rings. The number of anilines is 2. The van der Waals surface area contributed by atoms with Gasteiger partial charge in [0, 0.05) is 17.2 Å². The maximum Gasteiger partial charge on any atom is 0.255 e. The highest BCUT2D eigenvalue weighted by molar-refractivity contribution is 6.08. The van der Waals surface area contributed by atoms with Crippen molar-refractivity contribution in [2.45, 2.75) is 72.6 Å². The molecule has 0 aliphatic heterocycles. The molecule has 10 nitrogen and oxygen atoms in total. The van der Waals surface area contributed by atoms with Gasteiger partial charge < -0.3 is 35.1 Å². The smallest absolute Gasteiger partial charge is 0.255 e. The van der Waals surface area contributed by atoms with E-state index < -0.39 is 23.9 Å². The molecule has 5 N–H and O–H groups in total. The number of aliphatic hydroxyl groups is 2. The minimum absolute atomic E-state index is 0.118. The zero-order valence-electron chi connectivity index (χ0n) is 29.1. The average molecular weight is 680 g/mol. The number of aliphatic hydroxyl groups excluding tert-OH is 2. The van der Waals surface area contributed by atoms with Crippen LogP contribution in [0.2, 0.25) is 0 Å². The summed E-state index contributed by atoms with van der Waals surface area (Å²) in [7, 11) is 0. The number of amides is 2. The van der Waals surface area contributed by atoms with E-state index >= 15 is 0 Å². The molecule has 0 saturated heterocycles. The molecule has 0 aromatic heterocycles. The van der Waals surface area contributed by atoms with Crippen LogP contribution < -0.4 is 30.2 Å². The normalized spacial score (nSPS) is 16.7. The van der Waals surface area contributed by atoms with Crippen molar-refractivity contribution < 1.29 is 38.4 Å². The monoisotopic (exact) mass is 679 g/mol.